The number of hydrogen-bond acceptors (Lipinski definition) is 3. The standard InChI is InChI=1S/C17H16FNO3/c1-11-6-12(2)8-15(7-11)19-16(20)10-22-17(21)13-4-3-5-14(18)9-13/h3-9H,10H2,1-2H3,(H,19,20). The van der Waals surface area contributed by atoms with Crippen molar-refractivity contribution >= 4 is 17.6 Å². The Morgan fingerprint density at radius 1 is 1.09 bits per heavy atom. The molecule has 0 saturated carbocycles. The molecule has 0 fully saturated rings. The molecule has 0 aliphatic rings. The number of halogens is 1. The lowest BCUT2D eigenvalue weighted by atomic mass is 10.1. The predicted molar refractivity (Wildman–Crippen MR) is 81.2 cm³/mol. The van der Waals surface area contributed by atoms with Gasteiger partial charge in [-0.15, -0.1) is 0 Å². The third-order valence-electron chi connectivity index (χ3n) is 2.90. The molecule has 1 amide bonds. The first-order chi connectivity index (χ1) is 10.4. The summed E-state index contributed by atoms with van der Waals surface area (Å²) in [6.07, 6.45) is 0. The zero-order chi connectivity index (χ0) is 16.1. The van der Waals surface area contributed by atoms with Crippen LogP contribution in [0.2, 0.25) is 0 Å². The summed E-state index contributed by atoms with van der Waals surface area (Å²) >= 11 is 0. The van der Waals surface area contributed by atoms with Gasteiger partial charge in [0.2, 0.25) is 0 Å². The number of rotatable bonds is 4. The minimum absolute atomic E-state index is 0.0687. The monoisotopic (exact) mass is 301 g/mol. The molecule has 2 aromatic carbocycles. The maximum atomic E-state index is 13.0. The molecule has 2 aromatic rings. The van der Waals surface area contributed by atoms with Crippen LogP contribution in [0.5, 0.6) is 0 Å². The van der Waals surface area contributed by atoms with Crippen molar-refractivity contribution in [3.63, 3.8) is 0 Å². The zero-order valence-corrected chi connectivity index (χ0v) is 12.4. The smallest absolute Gasteiger partial charge is 0.338 e. The van der Waals surface area contributed by atoms with E-state index in [1.54, 1.807) is 0 Å². The minimum atomic E-state index is -0.741. The lowest BCUT2D eigenvalue weighted by Gasteiger charge is -2.08. The van der Waals surface area contributed by atoms with E-state index >= 15 is 0 Å². The maximum absolute atomic E-state index is 13.0. The van der Waals surface area contributed by atoms with E-state index in [-0.39, 0.29) is 5.56 Å². The highest BCUT2D eigenvalue weighted by Crippen LogP contribution is 2.13. The molecule has 2 rings (SSSR count). The van der Waals surface area contributed by atoms with E-state index in [1.807, 2.05) is 32.0 Å². The largest absolute Gasteiger partial charge is 0.452 e. The summed E-state index contributed by atoms with van der Waals surface area (Å²) in [6.45, 7) is 3.42. The predicted octanol–water partition coefficient (Wildman–Crippen LogP) is 3.24. The van der Waals surface area contributed by atoms with Gasteiger partial charge in [0, 0.05) is 5.69 Å². The summed E-state index contributed by atoms with van der Waals surface area (Å²) in [5.41, 5.74) is 2.75. The SMILES string of the molecule is Cc1cc(C)cc(NC(=O)COC(=O)c2cccc(F)c2)c1. The van der Waals surface area contributed by atoms with Crippen LogP contribution in [0.4, 0.5) is 10.1 Å². The number of nitrogens with one attached hydrogen (secondary N) is 1. The van der Waals surface area contributed by atoms with Crippen LogP contribution in [-0.2, 0) is 9.53 Å². The average Bonchev–Trinajstić information content (AvgIpc) is 2.43. The van der Waals surface area contributed by atoms with E-state index in [9.17, 15) is 14.0 Å². The Balaban J connectivity index is 1.91. The molecule has 5 heteroatoms. The highest BCUT2D eigenvalue weighted by atomic mass is 19.1. The summed E-state index contributed by atoms with van der Waals surface area (Å²) in [5, 5.41) is 2.65. The van der Waals surface area contributed by atoms with Gasteiger partial charge in [-0.2, -0.15) is 0 Å². The van der Waals surface area contributed by atoms with Crippen LogP contribution in [0.25, 0.3) is 0 Å². The van der Waals surface area contributed by atoms with Crippen LogP contribution < -0.4 is 5.32 Å². The van der Waals surface area contributed by atoms with Crippen LogP contribution in [-0.4, -0.2) is 18.5 Å². The Kier molecular flexibility index (Phi) is 4.88. The number of benzene rings is 2. The maximum Gasteiger partial charge on any atom is 0.338 e. The van der Waals surface area contributed by atoms with Gasteiger partial charge in [-0.3, -0.25) is 4.79 Å². The van der Waals surface area contributed by atoms with E-state index in [2.05, 4.69) is 5.32 Å². The van der Waals surface area contributed by atoms with Crippen molar-refractivity contribution in [3.8, 4) is 0 Å². The van der Waals surface area contributed by atoms with Crippen LogP contribution in [0.3, 0.4) is 0 Å². The molecule has 0 bridgehead atoms. The molecule has 0 atom stereocenters. The lowest BCUT2D eigenvalue weighted by molar-refractivity contribution is -0.119. The van der Waals surface area contributed by atoms with Crippen LogP contribution in [0.15, 0.2) is 42.5 Å². The van der Waals surface area contributed by atoms with Gasteiger partial charge in [-0.25, -0.2) is 9.18 Å². The summed E-state index contributed by atoms with van der Waals surface area (Å²) in [6, 6.07) is 10.7. The van der Waals surface area contributed by atoms with E-state index in [0.717, 1.165) is 17.2 Å². The number of hydrogen-bond donors (Lipinski definition) is 1. The van der Waals surface area contributed by atoms with Gasteiger partial charge in [0.25, 0.3) is 5.91 Å². The molecular weight excluding hydrogens is 285 g/mol. The average molecular weight is 301 g/mol. The number of carbonyl (C=O) groups excluding carboxylic acids is 2. The third-order valence-corrected chi connectivity index (χ3v) is 2.90. The Bertz CT molecular complexity index is 693. The minimum Gasteiger partial charge on any atom is -0.452 e. The number of amides is 1. The second-order valence-electron chi connectivity index (χ2n) is 5.01. The summed E-state index contributed by atoms with van der Waals surface area (Å²) in [5.74, 6) is -1.72. The Hall–Kier alpha value is -2.69. The van der Waals surface area contributed by atoms with Crippen molar-refractivity contribution in [2.45, 2.75) is 13.8 Å². The zero-order valence-electron chi connectivity index (χ0n) is 12.4. The van der Waals surface area contributed by atoms with Crippen LogP contribution in [0.1, 0.15) is 21.5 Å². The van der Waals surface area contributed by atoms with Crippen molar-refractivity contribution in [2.24, 2.45) is 0 Å². The molecule has 0 aliphatic heterocycles. The molecule has 1 N–H and O–H groups in total. The highest BCUT2D eigenvalue weighted by Gasteiger charge is 2.11. The number of ether oxygens (including phenoxy) is 1. The quantitative estimate of drug-likeness (QED) is 0.882. The van der Waals surface area contributed by atoms with Gasteiger partial charge in [-0.1, -0.05) is 12.1 Å². The first kappa shape index (κ1) is 15.7. The van der Waals surface area contributed by atoms with E-state index in [4.69, 9.17) is 4.74 Å². The van der Waals surface area contributed by atoms with Crippen molar-refractivity contribution < 1.29 is 18.7 Å². The van der Waals surface area contributed by atoms with Gasteiger partial charge < -0.3 is 10.1 Å². The second-order valence-corrected chi connectivity index (χ2v) is 5.01. The van der Waals surface area contributed by atoms with E-state index < -0.39 is 24.3 Å². The molecule has 0 aliphatic carbocycles. The molecule has 0 radical (unpaired) electrons. The number of carbonyl (C=O) groups is 2. The first-order valence-electron chi connectivity index (χ1n) is 6.75. The second kappa shape index (κ2) is 6.85. The summed E-state index contributed by atoms with van der Waals surface area (Å²) in [4.78, 5) is 23.5. The van der Waals surface area contributed by atoms with Gasteiger partial charge in [0.15, 0.2) is 6.61 Å². The van der Waals surface area contributed by atoms with E-state index in [1.165, 1.54) is 18.2 Å². The summed E-state index contributed by atoms with van der Waals surface area (Å²) < 4.78 is 17.9. The molecule has 0 aromatic heterocycles. The van der Waals surface area contributed by atoms with Gasteiger partial charge in [-0.05, 0) is 55.3 Å². The fourth-order valence-corrected chi connectivity index (χ4v) is 2.07. The van der Waals surface area contributed by atoms with Crippen molar-refractivity contribution in [2.75, 3.05) is 11.9 Å². The van der Waals surface area contributed by atoms with Crippen LogP contribution >= 0.6 is 0 Å². The molecule has 0 heterocycles. The van der Waals surface area contributed by atoms with E-state index in [0.29, 0.717) is 5.69 Å². The van der Waals surface area contributed by atoms with Crippen molar-refractivity contribution in [1.29, 1.82) is 0 Å². The number of anilines is 1. The fourth-order valence-electron chi connectivity index (χ4n) is 2.07. The van der Waals surface area contributed by atoms with Crippen molar-refractivity contribution in [1.82, 2.24) is 0 Å². The Morgan fingerprint density at radius 3 is 2.41 bits per heavy atom. The third kappa shape index (κ3) is 4.41. The molecule has 0 saturated heterocycles. The molecule has 4 nitrogen and oxygen atoms in total. The van der Waals surface area contributed by atoms with Crippen LogP contribution in [0, 0.1) is 19.7 Å². The topological polar surface area (TPSA) is 55.4 Å². The molecule has 114 valence electrons. The van der Waals surface area contributed by atoms with Gasteiger partial charge >= 0.3 is 5.97 Å². The Labute approximate surface area is 127 Å². The Morgan fingerprint density at radius 2 is 1.77 bits per heavy atom. The first-order valence-corrected chi connectivity index (χ1v) is 6.75. The fraction of sp³-hybridized carbons (Fsp3) is 0.176. The number of esters is 1. The highest BCUT2D eigenvalue weighted by molar-refractivity contribution is 5.95. The molecule has 0 spiro atoms. The summed E-state index contributed by atoms with van der Waals surface area (Å²) in [7, 11) is 0. The lowest BCUT2D eigenvalue weighted by Crippen LogP contribution is -2.21. The van der Waals surface area contributed by atoms with Gasteiger partial charge in [0.1, 0.15) is 5.82 Å². The van der Waals surface area contributed by atoms with Crippen molar-refractivity contribution in [3.05, 3.63) is 65.0 Å². The van der Waals surface area contributed by atoms with Gasteiger partial charge in [0.05, 0.1) is 5.56 Å². The normalized spacial score (nSPS) is 10.1. The molecular formula is C17H16FNO3. The number of aryl methyl sites for hydroxylation is 2. The molecule has 22 heavy (non-hydrogen) atoms. The molecule has 0 unspecified atom stereocenters.